The Labute approximate surface area is 128 Å². The van der Waals surface area contributed by atoms with E-state index in [0.717, 1.165) is 10.0 Å². The van der Waals surface area contributed by atoms with Gasteiger partial charge in [0.15, 0.2) is 0 Å². The molecule has 6 heteroatoms. The van der Waals surface area contributed by atoms with Crippen LogP contribution in [0.1, 0.15) is 44.8 Å². The minimum Gasteiger partial charge on any atom is -0.507 e. The lowest BCUT2D eigenvalue weighted by molar-refractivity contribution is 0.00578. The molecule has 1 aromatic rings. The maximum atomic E-state index is 10.2. The Balaban J connectivity index is 2.32. The van der Waals surface area contributed by atoms with Crippen molar-refractivity contribution in [2.45, 2.75) is 51.8 Å². The Hall–Kier alpha value is -0.555. The van der Waals surface area contributed by atoms with Gasteiger partial charge in [-0.3, -0.25) is 0 Å². The molecule has 110 valence electrons. The SMILES string of the molecule is Cc1cc(Br)cc([C@@H](N)B2OC(C)(C)C(C)(C)O2)c1O. The molecule has 1 aliphatic heterocycles. The van der Waals surface area contributed by atoms with Crippen LogP contribution in [0, 0.1) is 6.92 Å². The molecular weight excluding hydrogens is 321 g/mol. The van der Waals surface area contributed by atoms with E-state index in [1.165, 1.54) is 0 Å². The first-order valence-electron chi connectivity index (χ1n) is 6.65. The fourth-order valence-corrected chi connectivity index (χ4v) is 2.79. The predicted molar refractivity (Wildman–Crippen MR) is 83.6 cm³/mol. The van der Waals surface area contributed by atoms with Crippen LogP contribution in [0.5, 0.6) is 5.75 Å². The number of halogens is 1. The number of hydrogen-bond acceptors (Lipinski definition) is 4. The van der Waals surface area contributed by atoms with Crippen LogP contribution in [-0.4, -0.2) is 23.4 Å². The highest BCUT2D eigenvalue weighted by Gasteiger charge is 2.53. The molecule has 0 spiro atoms. The van der Waals surface area contributed by atoms with E-state index in [4.69, 9.17) is 15.0 Å². The van der Waals surface area contributed by atoms with Gasteiger partial charge in [0.2, 0.25) is 0 Å². The number of aromatic hydroxyl groups is 1. The number of benzene rings is 1. The van der Waals surface area contributed by atoms with Crippen molar-refractivity contribution < 1.29 is 14.4 Å². The van der Waals surface area contributed by atoms with Crippen molar-refractivity contribution in [2.24, 2.45) is 5.73 Å². The van der Waals surface area contributed by atoms with Gasteiger partial charge in [0.1, 0.15) is 5.75 Å². The third-order valence-corrected chi connectivity index (χ3v) is 4.68. The molecule has 0 amide bonds. The first kappa shape index (κ1) is 15.8. The zero-order valence-corrected chi connectivity index (χ0v) is 14.1. The van der Waals surface area contributed by atoms with Crippen molar-refractivity contribution in [3.05, 3.63) is 27.7 Å². The Morgan fingerprint density at radius 2 is 1.70 bits per heavy atom. The smallest absolute Gasteiger partial charge is 0.480 e. The third kappa shape index (κ3) is 2.62. The summed E-state index contributed by atoms with van der Waals surface area (Å²) in [5.74, 6) is -0.359. The fourth-order valence-electron chi connectivity index (χ4n) is 2.20. The summed E-state index contributed by atoms with van der Waals surface area (Å²) in [5, 5.41) is 10.2. The summed E-state index contributed by atoms with van der Waals surface area (Å²) in [6.07, 6.45) is 0. The number of hydrogen-bond donors (Lipinski definition) is 2. The summed E-state index contributed by atoms with van der Waals surface area (Å²) in [7, 11) is -0.584. The lowest BCUT2D eigenvalue weighted by Gasteiger charge is -2.32. The monoisotopic (exact) mass is 341 g/mol. The van der Waals surface area contributed by atoms with E-state index in [-0.39, 0.29) is 5.75 Å². The van der Waals surface area contributed by atoms with Gasteiger partial charge in [0.25, 0.3) is 0 Å². The quantitative estimate of drug-likeness (QED) is 0.811. The largest absolute Gasteiger partial charge is 0.507 e. The molecular formula is C14H21BBrNO3. The van der Waals surface area contributed by atoms with E-state index in [2.05, 4.69) is 15.9 Å². The van der Waals surface area contributed by atoms with Crippen LogP contribution in [0.15, 0.2) is 16.6 Å². The minimum atomic E-state index is -0.584. The molecule has 4 nitrogen and oxygen atoms in total. The molecule has 0 aromatic heterocycles. The number of nitrogens with two attached hydrogens (primary N) is 1. The van der Waals surface area contributed by atoms with Crippen molar-refractivity contribution >= 4 is 23.0 Å². The summed E-state index contributed by atoms with van der Waals surface area (Å²) in [6.45, 7) is 9.75. The summed E-state index contributed by atoms with van der Waals surface area (Å²) in [5.41, 5.74) is 6.76. The van der Waals surface area contributed by atoms with Crippen LogP contribution in [0.4, 0.5) is 0 Å². The van der Waals surface area contributed by atoms with Crippen molar-refractivity contribution in [2.75, 3.05) is 0 Å². The Kier molecular flexibility index (Phi) is 3.97. The number of phenols is 1. The second-order valence-corrected chi connectivity index (χ2v) is 7.23. The molecule has 0 unspecified atom stereocenters. The van der Waals surface area contributed by atoms with Gasteiger partial charge in [-0.15, -0.1) is 0 Å². The molecule has 2 rings (SSSR count). The van der Waals surface area contributed by atoms with E-state index in [9.17, 15) is 5.11 Å². The van der Waals surface area contributed by atoms with Gasteiger partial charge >= 0.3 is 7.12 Å². The third-order valence-electron chi connectivity index (χ3n) is 4.22. The fraction of sp³-hybridized carbons (Fsp3) is 0.571. The lowest BCUT2D eigenvalue weighted by atomic mass is 9.74. The standard InChI is InChI=1S/C14H21BBrNO3/c1-8-6-9(16)7-10(11(8)18)12(17)15-19-13(2,3)14(4,5)20-15/h6-7,12,18H,17H2,1-5H3/t12-/m1/s1. The molecule has 0 radical (unpaired) electrons. The first-order chi connectivity index (χ1) is 9.05. The molecule has 0 bridgehead atoms. The van der Waals surface area contributed by atoms with Gasteiger partial charge in [0, 0.05) is 10.0 Å². The van der Waals surface area contributed by atoms with Crippen molar-refractivity contribution in [3.63, 3.8) is 0 Å². The number of rotatable bonds is 2. The van der Waals surface area contributed by atoms with Gasteiger partial charge in [-0.05, 0) is 52.3 Å². The molecule has 1 aromatic carbocycles. The first-order valence-corrected chi connectivity index (χ1v) is 7.45. The lowest BCUT2D eigenvalue weighted by Crippen LogP contribution is -2.41. The molecule has 1 saturated heterocycles. The zero-order chi connectivity index (χ0) is 15.3. The summed E-state index contributed by atoms with van der Waals surface area (Å²) >= 11 is 3.42. The second kappa shape index (κ2) is 5.02. The topological polar surface area (TPSA) is 64.7 Å². The van der Waals surface area contributed by atoms with Crippen LogP contribution >= 0.6 is 15.9 Å². The summed E-state index contributed by atoms with van der Waals surface area (Å²) in [4.78, 5) is 0. The van der Waals surface area contributed by atoms with Crippen molar-refractivity contribution in [1.29, 1.82) is 0 Å². The normalized spacial score (nSPS) is 22.1. The van der Waals surface area contributed by atoms with Gasteiger partial charge < -0.3 is 20.1 Å². The molecule has 1 fully saturated rings. The molecule has 0 saturated carbocycles. The van der Waals surface area contributed by atoms with Crippen molar-refractivity contribution in [1.82, 2.24) is 0 Å². The van der Waals surface area contributed by atoms with Crippen LogP contribution in [0.3, 0.4) is 0 Å². The molecule has 20 heavy (non-hydrogen) atoms. The number of aryl methyl sites for hydroxylation is 1. The molecule has 3 N–H and O–H groups in total. The van der Waals surface area contributed by atoms with Gasteiger partial charge in [0.05, 0.1) is 17.1 Å². The number of phenolic OH excluding ortho intramolecular Hbond substituents is 1. The highest BCUT2D eigenvalue weighted by atomic mass is 79.9. The Bertz CT molecular complexity index is 517. The zero-order valence-electron chi connectivity index (χ0n) is 12.5. The Morgan fingerprint density at radius 1 is 1.20 bits per heavy atom. The average Bonchev–Trinajstić information content (AvgIpc) is 2.52. The van der Waals surface area contributed by atoms with E-state index in [1.807, 2.05) is 40.7 Å². The average molecular weight is 342 g/mol. The minimum absolute atomic E-state index is 0.190. The molecule has 1 aliphatic rings. The van der Waals surface area contributed by atoms with Gasteiger partial charge in [-0.2, -0.15) is 0 Å². The van der Waals surface area contributed by atoms with Crippen LogP contribution in [0.2, 0.25) is 0 Å². The van der Waals surface area contributed by atoms with E-state index in [1.54, 1.807) is 6.07 Å². The van der Waals surface area contributed by atoms with Gasteiger partial charge in [-0.25, -0.2) is 0 Å². The van der Waals surface area contributed by atoms with Crippen LogP contribution in [0.25, 0.3) is 0 Å². The maximum Gasteiger partial charge on any atom is 0.480 e. The highest BCUT2D eigenvalue weighted by Crippen LogP contribution is 2.41. The van der Waals surface area contributed by atoms with E-state index in [0.29, 0.717) is 5.56 Å². The predicted octanol–water partition coefficient (Wildman–Crippen LogP) is 3.09. The van der Waals surface area contributed by atoms with Gasteiger partial charge in [-0.1, -0.05) is 15.9 Å². The highest BCUT2D eigenvalue weighted by molar-refractivity contribution is 9.10. The maximum absolute atomic E-state index is 10.2. The van der Waals surface area contributed by atoms with E-state index >= 15 is 0 Å². The summed E-state index contributed by atoms with van der Waals surface area (Å²) in [6, 6.07) is 3.65. The Morgan fingerprint density at radius 3 is 2.20 bits per heavy atom. The van der Waals surface area contributed by atoms with E-state index < -0.39 is 24.3 Å². The van der Waals surface area contributed by atoms with Crippen LogP contribution < -0.4 is 5.73 Å². The van der Waals surface area contributed by atoms with Crippen molar-refractivity contribution in [3.8, 4) is 5.75 Å². The molecule has 1 atom stereocenters. The van der Waals surface area contributed by atoms with Crippen LogP contribution in [-0.2, 0) is 9.31 Å². The summed E-state index contributed by atoms with van der Waals surface area (Å²) < 4.78 is 12.8. The molecule has 0 aliphatic carbocycles. The molecule has 1 heterocycles. The second-order valence-electron chi connectivity index (χ2n) is 6.31.